The van der Waals surface area contributed by atoms with Crippen LogP contribution in [-0.2, 0) is 0 Å². The van der Waals surface area contributed by atoms with Gasteiger partial charge in [0, 0.05) is 50.0 Å². The number of nitrogens with zero attached hydrogens (tertiary/aromatic N) is 5. The van der Waals surface area contributed by atoms with Gasteiger partial charge in [0.25, 0.3) is 0 Å². The van der Waals surface area contributed by atoms with E-state index in [9.17, 15) is 15.0 Å². The number of rotatable bonds is 6. The molecule has 2 aliphatic heterocycles. The molecule has 3 heterocycles. The van der Waals surface area contributed by atoms with Crippen LogP contribution in [0.2, 0.25) is 0 Å². The van der Waals surface area contributed by atoms with Gasteiger partial charge >= 0.3 is 5.97 Å². The Labute approximate surface area is 190 Å². The lowest BCUT2D eigenvalue weighted by atomic mass is 10.0. The van der Waals surface area contributed by atoms with Gasteiger partial charge in [-0.2, -0.15) is 15.0 Å². The number of carboxylic acid groups (broad SMARTS) is 1. The highest BCUT2D eigenvalue weighted by Crippen LogP contribution is 2.28. The summed E-state index contributed by atoms with van der Waals surface area (Å²) in [6.45, 7) is 1.80. The van der Waals surface area contributed by atoms with Crippen molar-refractivity contribution >= 4 is 29.5 Å². The van der Waals surface area contributed by atoms with Crippen LogP contribution >= 0.6 is 0 Å². The molecule has 0 saturated carbocycles. The minimum absolute atomic E-state index is 0.128. The minimum atomic E-state index is -1.23. The van der Waals surface area contributed by atoms with E-state index >= 15 is 0 Å². The zero-order valence-electron chi connectivity index (χ0n) is 18.0. The molecule has 0 amide bonds. The Morgan fingerprint density at radius 3 is 2.48 bits per heavy atom. The molecule has 13 heteroatoms. The summed E-state index contributed by atoms with van der Waals surface area (Å²) in [7, 11) is 0. The molecular formula is C20H29N9O4. The summed E-state index contributed by atoms with van der Waals surface area (Å²) in [5.74, 6) is -0.726. The number of hydrogen-bond donors (Lipinski definition) is 7. The number of aromatic nitrogens is 3. The number of benzene rings is 1. The molecule has 2 aromatic rings. The number of aliphatic hydroxyl groups is 1. The van der Waals surface area contributed by atoms with Crippen molar-refractivity contribution in [3.63, 3.8) is 0 Å². The largest absolute Gasteiger partial charge is 0.507 e. The Morgan fingerprint density at radius 1 is 1.15 bits per heavy atom. The Balaban J connectivity index is 1.70. The van der Waals surface area contributed by atoms with Crippen LogP contribution in [0.4, 0.5) is 23.5 Å². The number of anilines is 4. The lowest BCUT2D eigenvalue weighted by molar-refractivity contribution is 0.0693. The van der Waals surface area contributed by atoms with Gasteiger partial charge in [-0.15, -0.1) is 0 Å². The molecule has 4 atom stereocenters. The first-order chi connectivity index (χ1) is 15.7. The first-order valence-electron chi connectivity index (χ1n) is 10.8. The Morgan fingerprint density at radius 2 is 1.85 bits per heavy atom. The minimum Gasteiger partial charge on any atom is -0.507 e. The zero-order chi connectivity index (χ0) is 23.7. The van der Waals surface area contributed by atoms with Crippen molar-refractivity contribution in [1.29, 1.82) is 0 Å². The normalized spacial score (nSPS) is 25.3. The first-order valence-corrected chi connectivity index (χ1v) is 10.8. The molecule has 10 N–H and O–H groups in total. The van der Waals surface area contributed by atoms with Gasteiger partial charge in [-0.1, -0.05) is 0 Å². The van der Waals surface area contributed by atoms with Crippen LogP contribution in [0.3, 0.4) is 0 Å². The SMILES string of the molecule is NC[C@H]1[C@@H](O)CCN1c1nc(Nc2ccc(C(=O)O)c(O)c2)nc(N2C[C@H](N)C[C@H](N)C2)n1. The van der Waals surface area contributed by atoms with Gasteiger partial charge in [0.15, 0.2) is 0 Å². The summed E-state index contributed by atoms with van der Waals surface area (Å²) in [4.78, 5) is 28.5. The van der Waals surface area contributed by atoms with Crippen molar-refractivity contribution in [3.05, 3.63) is 23.8 Å². The van der Waals surface area contributed by atoms with Crippen molar-refractivity contribution in [2.24, 2.45) is 17.2 Å². The van der Waals surface area contributed by atoms with Gasteiger partial charge in [0.2, 0.25) is 17.8 Å². The maximum atomic E-state index is 11.2. The Hall–Kier alpha value is -3.26. The molecule has 0 unspecified atom stereocenters. The summed E-state index contributed by atoms with van der Waals surface area (Å²) in [5, 5.41) is 32.4. The molecule has 0 radical (unpaired) electrons. The predicted molar refractivity (Wildman–Crippen MR) is 122 cm³/mol. The molecule has 1 aromatic heterocycles. The maximum absolute atomic E-state index is 11.2. The number of aromatic carboxylic acids is 1. The van der Waals surface area contributed by atoms with Crippen molar-refractivity contribution in [2.75, 3.05) is 41.3 Å². The van der Waals surface area contributed by atoms with Crippen LogP contribution in [0.15, 0.2) is 18.2 Å². The fraction of sp³-hybridized carbons (Fsp3) is 0.500. The molecule has 2 saturated heterocycles. The molecule has 2 fully saturated rings. The third-order valence-electron chi connectivity index (χ3n) is 5.90. The lowest BCUT2D eigenvalue weighted by Crippen LogP contribution is -2.53. The number of carbonyl (C=O) groups is 1. The van der Waals surface area contributed by atoms with Crippen LogP contribution < -0.4 is 32.3 Å². The second-order valence-corrected chi connectivity index (χ2v) is 8.43. The zero-order valence-corrected chi connectivity index (χ0v) is 18.0. The summed E-state index contributed by atoms with van der Waals surface area (Å²) in [6, 6.07) is 3.47. The highest BCUT2D eigenvalue weighted by molar-refractivity contribution is 5.91. The monoisotopic (exact) mass is 459 g/mol. The topological polar surface area (TPSA) is 213 Å². The van der Waals surface area contributed by atoms with Crippen molar-refractivity contribution < 1.29 is 20.1 Å². The molecule has 0 spiro atoms. The number of piperidine rings is 1. The summed E-state index contributed by atoms with van der Waals surface area (Å²) >= 11 is 0. The average Bonchev–Trinajstić information content (AvgIpc) is 3.13. The molecule has 33 heavy (non-hydrogen) atoms. The molecule has 4 rings (SSSR count). The van der Waals surface area contributed by atoms with E-state index < -0.39 is 12.1 Å². The number of hydrogen-bond acceptors (Lipinski definition) is 12. The highest BCUT2D eigenvalue weighted by Gasteiger charge is 2.34. The fourth-order valence-corrected chi connectivity index (χ4v) is 4.31. The van der Waals surface area contributed by atoms with E-state index in [-0.39, 0.29) is 41.9 Å². The van der Waals surface area contributed by atoms with Gasteiger partial charge in [-0.3, -0.25) is 0 Å². The predicted octanol–water partition coefficient (Wildman–Crippen LogP) is -1.22. The molecule has 0 aliphatic carbocycles. The van der Waals surface area contributed by atoms with E-state index in [1.165, 1.54) is 18.2 Å². The Kier molecular flexibility index (Phi) is 6.47. The van der Waals surface area contributed by atoms with E-state index in [4.69, 9.17) is 22.3 Å². The number of aromatic hydroxyl groups is 1. The van der Waals surface area contributed by atoms with Crippen LogP contribution in [-0.4, -0.2) is 86.6 Å². The molecule has 13 nitrogen and oxygen atoms in total. The average molecular weight is 460 g/mol. The van der Waals surface area contributed by atoms with Crippen molar-refractivity contribution in [2.45, 2.75) is 37.1 Å². The van der Waals surface area contributed by atoms with Crippen molar-refractivity contribution in [1.82, 2.24) is 15.0 Å². The van der Waals surface area contributed by atoms with Crippen LogP contribution in [0.25, 0.3) is 0 Å². The van der Waals surface area contributed by atoms with Crippen molar-refractivity contribution in [3.8, 4) is 5.75 Å². The molecule has 1 aromatic carbocycles. The third-order valence-corrected chi connectivity index (χ3v) is 5.90. The molecule has 2 aliphatic rings. The van der Waals surface area contributed by atoms with E-state index in [0.717, 1.165) is 0 Å². The van der Waals surface area contributed by atoms with E-state index in [1.54, 1.807) is 0 Å². The van der Waals surface area contributed by atoms with Gasteiger partial charge in [0.05, 0.1) is 12.1 Å². The molecule has 178 valence electrons. The fourth-order valence-electron chi connectivity index (χ4n) is 4.31. The van der Waals surface area contributed by atoms with E-state index in [2.05, 4.69) is 20.3 Å². The van der Waals surface area contributed by atoms with Crippen LogP contribution in [0, 0.1) is 0 Å². The smallest absolute Gasteiger partial charge is 0.339 e. The van der Waals surface area contributed by atoms with Gasteiger partial charge in [-0.25, -0.2) is 4.79 Å². The maximum Gasteiger partial charge on any atom is 0.339 e. The second kappa shape index (κ2) is 9.31. The number of nitrogens with one attached hydrogen (secondary N) is 1. The lowest BCUT2D eigenvalue weighted by Gasteiger charge is -2.35. The second-order valence-electron chi connectivity index (χ2n) is 8.43. The first kappa shape index (κ1) is 22.9. The van der Waals surface area contributed by atoms with Crippen LogP contribution in [0.1, 0.15) is 23.2 Å². The quantitative estimate of drug-likeness (QED) is 0.270. The van der Waals surface area contributed by atoms with Gasteiger partial charge < -0.3 is 47.6 Å². The standard InChI is InChI=1S/C20H29N9O4/c21-7-14-15(30)3-4-29(14)20-26-18(24-12-1-2-13(17(32)33)16(31)6-12)25-19(27-20)28-8-10(22)5-11(23)9-28/h1-2,6,10-11,14-15,30-31H,3-5,7-9,21-23H2,(H,32,33)(H,24,25,26,27)/t10-,11+,14-,15-/m0/s1. The van der Waals surface area contributed by atoms with Gasteiger partial charge in [-0.05, 0) is 25.0 Å². The van der Waals surface area contributed by atoms with Crippen LogP contribution in [0.5, 0.6) is 5.75 Å². The molecular weight excluding hydrogens is 430 g/mol. The number of nitrogens with two attached hydrogens (primary N) is 3. The number of phenols is 1. The third kappa shape index (κ3) is 4.90. The highest BCUT2D eigenvalue weighted by atomic mass is 16.4. The molecule has 0 bridgehead atoms. The summed E-state index contributed by atoms with van der Waals surface area (Å²) in [6.07, 6.45) is 0.641. The van der Waals surface area contributed by atoms with E-state index in [1.807, 2.05) is 9.80 Å². The van der Waals surface area contributed by atoms with Gasteiger partial charge in [0.1, 0.15) is 11.3 Å². The number of carboxylic acids is 1. The van der Waals surface area contributed by atoms with E-state index in [0.29, 0.717) is 50.1 Å². The summed E-state index contributed by atoms with van der Waals surface area (Å²) < 4.78 is 0. The Bertz CT molecular complexity index is 1010. The summed E-state index contributed by atoms with van der Waals surface area (Å²) in [5.41, 5.74) is 18.3. The number of aliphatic hydroxyl groups excluding tert-OH is 1.